The number of aromatic nitrogens is 1. The predicted octanol–water partition coefficient (Wildman–Crippen LogP) is 3.34. The number of nitrogens with two attached hydrogens (primary N) is 2. The number of ether oxygens (including phenoxy) is 2. The quantitative estimate of drug-likeness (QED) is 0.434. The molecule has 3 fully saturated rings. The molecule has 5 N–H and O–H groups in total. The van der Waals surface area contributed by atoms with Crippen molar-refractivity contribution in [2.75, 3.05) is 13.6 Å². The van der Waals surface area contributed by atoms with Crippen molar-refractivity contribution in [3.8, 4) is 5.75 Å². The number of aryl methyl sites for hydroxylation is 1. The van der Waals surface area contributed by atoms with Crippen LogP contribution in [-0.2, 0) is 4.74 Å². The number of pyridine rings is 1. The van der Waals surface area contributed by atoms with E-state index in [4.69, 9.17) is 21.1 Å². The first-order valence-electron chi connectivity index (χ1n) is 11.5. The summed E-state index contributed by atoms with van der Waals surface area (Å²) in [6, 6.07) is 1.33. The molecule has 0 aliphatic heterocycles. The summed E-state index contributed by atoms with van der Waals surface area (Å²) in [7, 11) is 1.57. The average molecular weight is 448 g/mol. The third-order valence-corrected chi connectivity index (χ3v) is 6.91. The number of hydrazine groups is 1. The van der Waals surface area contributed by atoms with Crippen molar-refractivity contribution in [1.29, 1.82) is 0 Å². The summed E-state index contributed by atoms with van der Waals surface area (Å²) in [5, 5.41) is 3.92. The van der Waals surface area contributed by atoms with Gasteiger partial charge in [0.15, 0.2) is 5.82 Å². The second kappa shape index (κ2) is 9.13. The molecule has 0 atom stereocenters. The Morgan fingerprint density at radius 2 is 1.97 bits per heavy atom. The number of hydrogen-bond donors (Lipinski definition) is 3. The second-order valence-corrected chi connectivity index (χ2v) is 9.54. The molecule has 1 heterocycles. The predicted molar refractivity (Wildman–Crippen MR) is 119 cm³/mol. The summed E-state index contributed by atoms with van der Waals surface area (Å²) in [4.78, 5) is 16.5. The van der Waals surface area contributed by atoms with E-state index in [1.54, 1.807) is 14.0 Å². The highest BCUT2D eigenvalue weighted by atomic mass is 19.1. The molecule has 1 aromatic rings. The molecule has 4 rings (SSSR count). The van der Waals surface area contributed by atoms with Crippen molar-refractivity contribution in [1.82, 2.24) is 15.3 Å². The molecule has 0 saturated heterocycles. The van der Waals surface area contributed by atoms with Crippen LogP contribution in [0.25, 0.3) is 5.70 Å². The van der Waals surface area contributed by atoms with Gasteiger partial charge in [0.1, 0.15) is 17.5 Å². The topological polar surface area (TPSA) is 116 Å². The second-order valence-electron chi connectivity index (χ2n) is 9.54. The highest BCUT2D eigenvalue weighted by Gasteiger charge is 2.54. The summed E-state index contributed by atoms with van der Waals surface area (Å²) in [5.74, 6) is 5.76. The molecule has 0 bridgehead atoms. The van der Waals surface area contributed by atoms with Crippen LogP contribution >= 0.6 is 0 Å². The highest BCUT2D eigenvalue weighted by molar-refractivity contribution is 5.70. The van der Waals surface area contributed by atoms with Gasteiger partial charge in [-0.3, -0.25) is 0 Å². The molecular formula is C23H34FN5O3. The number of likely N-dealkylation sites (N-methyl/N-ethyl adjacent to an activating group) is 1. The van der Waals surface area contributed by atoms with Crippen molar-refractivity contribution < 1.29 is 18.7 Å². The molecule has 32 heavy (non-hydrogen) atoms. The Hall–Kier alpha value is -2.55. The fourth-order valence-corrected chi connectivity index (χ4v) is 4.70. The van der Waals surface area contributed by atoms with Gasteiger partial charge < -0.3 is 25.5 Å². The molecule has 1 amide bonds. The third kappa shape index (κ3) is 5.09. The number of alkyl carbamates (subject to hydrolysis) is 1. The maximum absolute atomic E-state index is 14.9. The number of rotatable bonds is 7. The molecule has 8 nitrogen and oxygen atoms in total. The van der Waals surface area contributed by atoms with Gasteiger partial charge in [0, 0.05) is 13.1 Å². The first-order valence-corrected chi connectivity index (χ1v) is 11.5. The molecule has 1 spiro atoms. The Bertz CT molecular complexity index is 886. The SMILES string of the molecule is Cc1nc(/C(N)=C(\CNC(=O)OC2CC3(CC3)C2)N(C)N)c(F)cc1OC1CCCCC1. The normalized spacial score (nSPS) is 20.9. The lowest BCUT2D eigenvalue weighted by Crippen LogP contribution is -2.41. The maximum atomic E-state index is 14.9. The Morgan fingerprint density at radius 1 is 1.28 bits per heavy atom. The molecule has 176 valence electrons. The van der Waals surface area contributed by atoms with Crippen LogP contribution in [-0.4, -0.2) is 41.9 Å². The van der Waals surface area contributed by atoms with Crippen molar-refractivity contribution in [3.05, 3.63) is 29.0 Å². The number of carbonyl (C=O) groups excluding carboxylic acids is 1. The van der Waals surface area contributed by atoms with Gasteiger partial charge >= 0.3 is 6.09 Å². The van der Waals surface area contributed by atoms with Crippen LogP contribution < -0.4 is 21.6 Å². The van der Waals surface area contributed by atoms with Gasteiger partial charge in [-0.05, 0) is 63.7 Å². The highest BCUT2D eigenvalue weighted by Crippen LogP contribution is 2.61. The molecular weight excluding hydrogens is 413 g/mol. The van der Waals surface area contributed by atoms with Crippen LogP contribution in [0.1, 0.15) is 69.2 Å². The van der Waals surface area contributed by atoms with Crippen LogP contribution in [0.3, 0.4) is 0 Å². The fourth-order valence-electron chi connectivity index (χ4n) is 4.70. The minimum Gasteiger partial charge on any atom is -0.488 e. The Kier molecular flexibility index (Phi) is 6.46. The minimum atomic E-state index is -0.593. The van der Waals surface area contributed by atoms with Crippen molar-refractivity contribution in [2.45, 2.75) is 76.9 Å². The van der Waals surface area contributed by atoms with Gasteiger partial charge in [-0.25, -0.2) is 20.0 Å². The minimum absolute atomic E-state index is 0.00395. The van der Waals surface area contributed by atoms with Crippen LogP contribution in [0.15, 0.2) is 11.8 Å². The molecule has 3 aliphatic carbocycles. The van der Waals surface area contributed by atoms with Gasteiger partial charge in [0.2, 0.25) is 0 Å². The molecule has 0 radical (unpaired) electrons. The van der Waals surface area contributed by atoms with Gasteiger partial charge in [-0.2, -0.15) is 0 Å². The monoisotopic (exact) mass is 447 g/mol. The number of carbonyl (C=O) groups is 1. The fraction of sp³-hybridized carbons (Fsp3) is 0.652. The van der Waals surface area contributed by atoms with E-state index in [9.17, 15) is 9.18 Å². The van der Waals surface area contributed by atoms with Crippen molar-refractivity contribution >= 4 is 11.8 Å². The Labute approximate surface area is 188 Å². The van der Waals surface area contributed by atoms with Gasteiger partial charge in [0.25, 0.3) is 0 Å². The molecule has 1 aromatic heterocycles. The van der Waals surface area contributed by atoms with Gasteiger partial charge in [-0.15, -0.1) is 0 Å². The van der Waals surface area contributed by atoms with E-state index in [0.29, 0.717) is 22.6 Å². The number of halogens is 1. The number of amides is 1. The van der Waals surface area contributed by atoms with Gasteiger partial charge in [0.05, 0.1) is 29.7 Å². The zero-order chi connectivity index (χ0) is 22.9. The largest absolute Gasteiger partial charge is 0.488 e. The molecule has 0 aromatic carbocycles. The Morgan fingerprint density at radius 3 is 2.59 bits per heavy atom. The van der Waals surface area contributed by atoms with E-state index in [0.717, 1.165) is 38.5 Å². The molecule has 3 aliphatic rings. The smallest absolute Gasteiger partial charge is 0.407 e. The van der Waals surface area contributed by atoms with Crippen molar-refractivity contribution in [2.24, 2.45) is 17.0 Å². The average Bonchev–Trinajstić information content (AvgIpc) is 3.51. The lowest BCUT2D eigenvalue weighted by Gasteiger charge is -2.34. The van der Waals surface area contributed by atoms with Crippen LogP contribution in [0.5, 0.6) is 5.75 Å². The summed E-state index contributed by atoms with van der Waals surface area (Å²) < 4.78 is 26.4. The van der Waals surface area contributed by atoms with E-state index in [1.165, 1.54) is 30.3 Å². The third-order valence-electron chi connectivity index (χ3n) is 6.91. The Balaban J connectivity index is 1.42. The van der Waals surface area contributed by atoms with Gasteiger partial charge in [-0.1, -0.05) is 6.42 Å². The lowest BCUT2D eigenvalue weighted by molar-refractivity contribution is 0.00708. The first kappa shape index (κ1) is 22.6. The van der Waals surface area contributed by atoms with E-state index in [1.807, 2.05) is 0 Å². The number of nitrogens with zero attached hydrogens (tertiary/aromatic N) is 2. The van der Waals surface area contributed by atoms with E-state index in [-0.39, 0.29) is 30.1 Å². The summed E-state index contributed by atoms with van der Waals surface area (Å²) in [5.41, 5.74) is 7.61. The maximum Gasteiger partial charge on any atom is 0.407 e. The van der Waals surface area contributed by atoms with E-state index in [2.05, 4.69) is 10.3 Å². The van der Waals surface area contributed by atoms with Crippen LogP contribution in [0.4, 0.5) is 9.18 Å². The summed E-state index contributed by atoms with van der Waals surface area (Å²) in [6.45, 7) is 1.76. The zero-order valence-electron chi connectivity index (χ0n) is 19.0. The summed E-state index contributed by atoms with van der Waals surface area (Å²) >= 11 is 0. The van der Waals surface area contributed by atoms with Crippen LogP contribution in [0.2, 0.25) is 0 Å². The summed E-state index contributed by atoms with van der Waals surface area (Å²) in [6.07, 6.45) is 9.27. The molecule has 0 unspecified atom stereocenters. The molecule has 9 heteroatoms. The number of hydrogen-bond acceptors (Lipinski definition) is 7. The van der Waals surface area contributed by atoms with Crippen LogP contribution in [0, 0.1) is 18.2 Å². The lowest BCUT2D eigenvalue weighted by atomic mass is 9.79. The zero-order valence-corrected chi connectivity index (χ0v) is 19.0. The standard InChI is InChI=1S/C23H34FN5O3/c1-14-19(31-15-6-4-3-5-7-15)10-17(24)21(28-14)20(25)18(29(2)26)13-27-22(30)32-16-11-23(12-16)8-9-23/h10,15-16H,3-9,11-13,25-26H2,1-2H3,(H,27,30)/b20-18-. The van der Waals surface area contributed by atoms with Crippen molar-refractivity contribution in [3.63, 3.8) is 0 Å². The van der Waals surface area contributed by atoms with E-state index >= 15 is 0 Å². The molecule has 3 saturated carbocycles. The number of nitrogens with one attached hydrogen (secondary N) is 1. The first-order chi connectivity index (χ1) is 15.3. The van der Waals surface area contributed by atoms with E-state index < -0.39 is 11.9 Å².